The number of hydrogen-bond donors (Lipinski definition) is 0. The zero-order valence-corrected chi connectivity index (χ0v) is 7.60. The van der Waals surface area contributed by atoms with Crippen molar-refractivity contribution in [3.63, 3.8) is 0 Å². The van der Waals surface area contributed by atoms with E-state index in [0.29, 0.717) is 12.5 Å². The van der Waals surface area contributed by atoms with Crippen LogP contribution in [-0.4, -0.2) is 30.5 Å². The minimum absolute atomic E-state index is 0.195. The standard InChI is InChI=1S/C10H12N2O/c1-12-7-9(13)5-10(12)8-3-2-4-11-6-8/h2,4-6,8H,3,7H2,1H3. The van der Waals surface area contributed by atoms with Crippen LogP contribution in [0.2, 0.25) is 0 Å². The summed E-state index contributed by atoms with van der Waals surface area (Å²) in [5, 5.41) is 0. The fraction of sp³-hybridized carbons (Fsp3) is 0.400. The average Bonchev–Trinajstić information content (AvgIpc) is 2.47. The second-order valence-corrected chi connectivity index (χ2v) is 3.42. The summed E-state index contributed by atoms with van der Waals surface area (Å²) in [5.41, 5.74) is 1.10. The number of likely N-dealkylation sites (N-methyl/N-ethyl adjacent to an activating group) is 1. The van der Waals surface area contributed by atoms with Gasteiger partial charge in [0.05, 0.1) is 6.54 Å². The monoisotopic (exact) mass is 176 g/mol. The zero-order chi connectivity index (χ0) is 9.26. The van der Waals surface area contributed by atoms with Gasteiger partial charge in [0, 0.05) is 37.2 Å². The molecule has 0 spiro atoms. The van der Waals surface area contributed by atoms with Crippen LogP contribution >= 0.6 is 0 Å². The Morgan fingerprint density at radius 3 is 3.00 bits per heavy atom. The number of nitrogens with zero attached hydrogens (tertiary/aromatic N) is 2. The molecular formula is C10H12N2O. The van der Waals surface area contributed by atoms with Crippen molar-refractivity contribution in [2.45, 2.75) is 6.42 Å². The lowest BCUT2D eigenvalue weighted by molar-refractivity contribution is -0.114. The van der Waals surface area contributed by atoms with Crippen molar-refractivity contribution in [1.29, 1.82) is 0 Å². The molecule has 3 nitrogen and oxygen atoms in total. The van der Waals surface area contributed by atoms with Gasteiger partial charge >= 0.3 is 0 Å². The van der Waals surface area contributed by atoms with Crippen molar-refractivity contribution in [2.75, 3.05) is 13.6 Å². The highest BCUT2D eigenvalue weighted by atomic mass is 16.1. The summed E-state index contributed by atoms with van der Waals surface area (Å²) in [4.78, 5) is 17.2. The van der Waals surface area contributed by atoms with Crippen LogP contribution in [0, 0.1) is 5.92 Å². The van der Waals surface area contributed by atoms with Crippen LogP contribution in [0.5, 0.6) is 0 Å². The molecule has 2 aliphatic rings. The maximum absolute atomic E-state index is 11.1. The van der Waals surface area contributed by atoms with Gasteiger partial charge in [0.15, 0.2) is 5.78 Å². The van der Waals surface area contributed by atoms with Gasteiger partial charge in [-0.05, 0) is 6.42 Å². The lowest BCUT2D eigenvalue weighted by Crippen LogP contribution is -2.22. The van der Waals surface area contributed by atoms with Crippen molar-refractivity contribution in [3.05, 3.63) is 24.0 Å². The normalized spacial score (nSPS) is 26.8. The number of allylic oxidation sites excluding steroid dienone is 2. The molecule has 0 saturated carbocycles. The van der Waals surface area contributed by atoms with Crippen molar-refractivity contribution in [1.82, 2.24) is 4.90 Å². The van der Waals surface area contributed by atoms with Gasteiger partial charge in [-0.3, -0.25) is 9.79 Å². The first kappa shape index (κ1) is 8.23. The minimum atomic E-state index is 0.195. The first-order chi connectivity index (χ1) is 6.27. The van der Waals surface area contributed by atoms with Crippen LogP contribution in [0.1, 0.15) is 6.42 Å². The van der Waals surface area contributed by atoms with Gasteiger partial charge in [0.1, 0.15) is 0 Å². The predicted molar refractivity (Wildman–Crippen MR) is 51.5 cm³/mol. The molecule has 0 bridgehead atoms. The van der Waals surface area contributed by atoms with Gasteiger partial charge in [-0.1, -0.05) is 6.08 Å². The third-order valence-electron chi connectivity index (χ3n) is 2.37. The van der Waals surface area contributed by atoms with E-state index >= 15 is 0 Å². The highest BCUT2D eigenvalue weighted by Crippen LogP contribution is 2.23. The first-order valence-electron chi connectivity index (χ1n) is 4.41. The molecule has 3 heteroatoms. The van der Waals surface area contributed by atoms with Crippen LogP contribution in [0.15, 0.2) is 29.0 Å². The summed E-state index contributed by atoms with van der Waals surface area (Å²) in [5.74, 6) is 0.488. The number of rotatable bonds is 1. The maximum Gasteiger partial charge on any atom is 0.176 e. The van der Waals surface area contributed by atoms with Gasteiger partial charge < -0.3 is 4.90 Å². The van der Waals surface area contributed by atoms with Gasteiger partial charge in [0.2, 0.25) is 0 Å². The van der Waals surface area contributed by atoms with E-state index in [2.05, 4.69) is 4.99 Å². The molecule has 0 fully saturated rings. The molecule has 2 rings (SSSR count). The van der Waals surface area contributed by atoms with Crippen molar-refractivity contribution in [3.8, 4) is 0 Å². The van der Waals surface area contributed by atoms with E-state index in [4.69, 9.17) is 0 Å². The molecule has 0 aromatic carbocycles. The molecule has 0 aromatic heterocycles. The summed E-state index contributed by atoms with van der Waals surface area (Å²) >= 11 is 0. The molecule has 2 heterocycles. The number of carbonyl (C=O) groups excluding carboxylic acids is 1. The Balaban J connectivity index is 2.16. The number of ketones is 1. The quantitative estimate of drug-likeness (QED) is 0.596. The van der Waals surface area contributed by atoms with E-state index in [1.807, 2.05) is 24.2 Å². The molecule has 0 aromatic rings. The van der Waals surface area contributed by atoms with Crippen molar-refractivity contribution >= 4 is 12.0 Å². The van der Waals surface area contributed by atoms with Crippen molar-refractivity contribution < 1.29 is 4.79 Å². The summed E-state index contributed by atoms with van der Waals surface area (Å²) in [6, 6.07) is 0. The third-order valence-corrected chi connectivity index (χ3v) is 2.37. The first-order valence-corrected chi connectivity index (χ1v) is 4.41. The molecule has 68 valence electrons. The Morgan fingerprint density at radius 2 is 2.46 bits per heavy atom. The molecule has 13 heavy (non-hydrogen) atoms. The predicted octanol–water partition coefficient (Wildman–Crippen LogP) is 0.989. The molecule has 2 aliphatic heterocycles. The summed E-state index contributed by atoms with van der Waals surface area (Å²) in [6.45, 7) is 0.517. The fourth-order valence-electron chi connectivity index (χ4n) is 1.72. The number of aliphatic imine (C=N–C) groups is 1. The summed E-state index contributed by atoms with van der Waals surface area (Å²) in [7, 11) is 1.95. The Morgan fingerprint density at radius 1 is 1.62 bits per heavy atom. The Labute approximate surface area is 77.4 Å². The topological polar surface area (TPSA) is 32.7 Å². The average molecular weight is 176 g/mol. The Bertz CT molecular complexity index is 315. The number of carbonyl (C=O) groups is 1. The molecule has 1 atom stereocenters. The van der Waals surface area contributed by atoms with Crippen LogP contribution < -0.4 is 0 Å². The van der Waals surface area contributed by atoms with Gasteiger partial charge in [-0.15, -0.1) is 0 Å². The van der Waals surface area contributed by atoms with E-state index in [1.165, 1.54) is 0 Å². The highest BCUT2D eigenvalue weighted by Gasteiger charge is 2.23. The largest absolute Gasteiger partial charge is 0.370 e. The lowest BCUT2D eigenvalue weighted by atomic mass is 10.0. The lowest BCUT2D eigenvalue weighted by Gasteiger charge is -2.21. The molecule has 0 radical (unpaired) electrons. The molecule has 0 N–H and O–H groups in total. The van der Waals surface area contributed by atoms with E-state index < -0.39 is 0 Å². The Kier molecular flexibility index (Phi) is 2.00. The molecule has 1 unspecified atom stereocenters. The van der Waals surface area contributed by atoms with E-state index in [0.717, 1.165) is 12.1 Å². The molecular weight excluding hydrogens is 164 g/mol. The van der Waals surface area contributed by atoms with E-state index in [9.17, 15) is 4.79 Å². The van der Waals surface area contributed by atoms with Gasteiger partial charge in [0.25, 0.3) is 0 Å². The fourth-order valence-corrected chi connectivity index (χ4v) is 1.72. The minimum Gasteiger partial charge on any atom is -0.370 e. The van der Waals surface area contributed by atoms with Crippen LogP contribution in [0.3, 0.4) is 0 Å². The second kappa shape index (κ2) is 3.17. The van der Waals surface area contributed by atoms with E-state index in [-0.39, 0.29) is 5.78 Å². The van der Waals surface area contributed by atoms with Gasteiger partial charge in [-0.25, -0.2) is 0 Å². The van der Waals surface area contributed by atoms with Crippen LogP contribution in [-0.2, 0) is 4.79 Å². The number of hydrogen-bond acceptors (Lipinski definition) is 3. The van der Waals surface area contributed by atoms with Crippen molar-refractivity contribution in [2.24, 2.45) is 10.9 Å². The second-order valence-electron chi connectivity index (χ2n) is 3.42. The molecule has 0 aliphatic carbocycles. The SMILES string of the molecule is CN1CC(=O)C=C1C1C=NC=CC1. The van der Waals surface area contributed by atoms with Crippen LogP contribution in [0.4, 0.5) is 0 Å². The third kappa shape index (κ3) is 1.54. The smallest absolute Gasteiger partial charge is 0.176 e. The van der Waals surface area contributed by atoms with E-state index in [1.54, 1.807) is 12.3 Å². The van der Waals surface area contributed by atoms with Gasteiger partial charge in [-0.2, -0.15) is 0 Å². The zero-order valence-electron chi connectivity index (χ0n) is 7.60. The maximum atomic E-state index is 11.1. The highest BCUT2D eigenvalue weighted by molar-refractivity contribution is 5.95. The van der Waals surface area contributed by atoms with Crippen LogP contribution in [0.25, 0.3) is 0 Å². The summed E-state index contributed by atoms with van der Waals surface area (Å²) in [6.07, 6.45) is 8.42. The molecule has 0 amide bonds. The molecule has 0 saturated heterocycles. The Hall–Kier alpha value is -1.38. The summed E-state index contributed by atoms with van der Waals surface area (Å²) < 4.78 is 0.